The standard InChI is InChI=1S/C11H10F3N3O2S/c1-7-16-10(11(12,13)14)6-17(7)8-2-4-9(5-3-8)20(15,18)19/h2-6H,1H3,(H2,15,18,19). The molecule has 5 nitrogen and oxygen atoms in total. The molecule has 1 aromatic carbocycles. The van der Waals surface area contributed by atoms with Gasteiger partial charge in [-0.05, 0) is 31.2 Å². The fourth-order valence-electron chi connectivity index (χ4n) is 1.67. The molecule has 0 bridgehead atoms. The van der Waals surface area contributed by atoms with Crippen molar-refractivity contribution < 1.29 is 21.6 Å². The first-order valence-electron chi connectivity index (χ1n) is 5.35. The van der Waals surface area contributed by atoms with Gasteiger partial charge in [-0.15, -0.1) is 0 Å². The number of primary sulfonamides is 1. The number of halogens is 3. The minimum atomic E-state index is -4.53. The summed E-state index contributed by atoms with van der Waals surface area (Å²) in [6, 6.07) is 5.15. The molecule has 0 saturated heterocycles. The summed E-state index contributed by atoms with van der Waals surface area (Å²) >= 11 is 0. The molecule has 9 heteroatoms. The van der Waals surface area contributed by atoms with Crippen LogP contribution in [0.3, 0.4) is 0 Å². The molecule has 0 radical (unpaired) electrons. The average molecular weight is 305 g/mol. The molecule has 0 spiro atoms. The van der Waals surface area contributed by atoms with Crippen LogP contribution < -0.4 is 5.14 Å². The van der Waals surface area contributed by atoms with Gasteiger partial charge in [0.2, 0.25) is 10.0 Å². The molecular formula is C11H10F3N3O2S. The molecule has 2 rings (SSSR count). The predicted octanol–water partition coefficient (Wildman–Crippen LogP) is 1.85. The Hall–Kier alpha value is -1.87. The Morgan fingerprint density at radius 1 is 1.20 bits per heavy atom. The number of nitrogens with two attached hydrogens (primary N) is 1. The first kappa shape index (κ1) is 14.5. The molecule has 0 amide bonds. The summed E-state index contributed by atoms with van der Waals surface area (Å²) in [6.45, 7) is 1.42. The molecule has 0 aliphatic rings. The molecule has 2 aromatic rings. The second-order valence-corrected chi connectivity index (χ2v) is 5.64. The van der Waals surface area contributed by atoms with Gasteiger partial charge in [-0.2, -0.15) is 13.2 Å². The van der Waals surface area contributed by atoms with Crippen LogP contribution in [0.4, 0.5) is 13.2 Å². The quantitative estimate of drug-likeness (QED) is 0.919. The summed E-state index contributed by atoms with van der Waals surface area (Å²) in [7, 11) is -3.83. The lowest BCUT2D eigenvalue weighted by Crippen LogP contribution is -2.12. The Morgan fingerprint density at radius 3 is 2.15 bits per heavy atom. The molecule has 0 aliphatic carbocycles. The van der Waals surface area contributed by atoms with E-state index in [1.165, 1.54) is 35.8 Å². The van der Waals surface area contributed by atoms with Crippen molar-refractivity contribution in [3.63, 3.8) is 0 Å². The SMILES string of the molecule is Cc1nc(C(F)(F)F)cn1-c1ccc(S(N)(=O)=O)cc1. The Labute approximate surface area is 112 Å². The number of imidazole rings is 1. The van der Waals surface area contributed by atoms with E-state index in [4.69, 9.17) is 5.14 Å². The van der Waals surface area contributed by atoms with Gasteiger partial charge in [0, 0.05) is 11.9 Å². The maximum absolute atomic E-state index is 12.5. The summed E-state index contributed by atoms with van der Waals surface area (Å²) < 4.78 is 61.0. The third-order valence-corrected chi connectivity index (χ3v) is 3.55. The summed E-state index contributed by atoms with van der Waals surface area (Å²) in [4.78, 5) is 3.31. The van der Waals surface area contributed by atoms with E-state index in [0.717, 1.165) is 6.20 Å². The summed E-state index contributed by atoms with van der Waals surface area (Å²) in [5, 5.41) is 4.94. The van der Waals surface area contributed by atoms with E-state index in [-0.39, 0.29) is 10.7 Å². The highest BCUT2D eigenvalue weighted by molar-refractivity contribution is 7.89. The molecule has 1 heterocycles. The maximum Gasteiger partial charge on any atom is 0.434 e. The van der Waals surface area contributed by atoms with E-state index in [9.17, 15) is 21.6 Å². The minimum absolute atomic E-state index is 0.116. The Morgan fingerprint density at radius 2 is 1.75 bits per heavy atom. The van der Waals surface area contributed by atoms with Crippen molar-refractivity contribution in [1.29, 1.82) is 0 Å². The smallest absolute Gasteiger partial charge is 0.303 e. The number of hydrogen-bond acceptors (Lipinski definition) is 3. The van der Waals surface area contributed by atoms with Crippen molar-refractivity contribution in [3.05, 3.63) is 42.0 Å². The van der Waals surface area contributed by atoms with Gasteiger partial charge in [-0.1, -0.05) is 0 Å². The monoisotopic (exact) mass is 305 g/mol. The number of rotatable bonds is 2. The zero-order valence-electron chi connectivity index (χ0n) is 10.2. The van der Waals surface area contributed by atoms with Crippen molar-refractivity contribution in [2.24, 2.45) is 5.14 Å². The van der Waals surface area contributed by atoms with Crippen molar-refractivity contribution in [3.8, 4) is 5.69 Å². The Balaban J connectivity index is 2.45. The van der Waals surface area contributed by atoms with E-state index >= 15 is 0 Å². The molecule has 2 N–H and O–H groups in total. The lowest BCUT2D eigenvalue weighted by molar-refractivity contribution is -0.141. The fourth-order valence-corrected chi connectivity index (χ4v) is 2.18. The van der Waals surface area contributed by atoms with Crippen LogP contribution in [-0.2, 0) is 16.2 Å². The summed E-state index contributed by atoms with van der Waals surface area (Å²) in [6.07, 6.45) is -3.68. The molecule has 0 atom stereocenters. The van der Waals surface area contributed by atoms with E-state index in [1.807, 2.05) is 0 Å². The van der Waals surface area contributed by atoms with E-state index in [1.54, 1.807) is 0 Å². The van der Waals surface area contributed by atoms with Crippen LogP contribution in [-0.4, -0.2) is 18.0 Å². The zero-order valence-corrected chi connectivity index (χ0v) is 11.0. The lowest BCUT2D eigenvalue weighted by atomic mass is 10.3. The maximum atomic E-state index is 12.5. The fraction of sp³-hybridized carbons (Fsp3) is 0.182. The average Bonchev–Trinajstić information content (AvgIpc) is 2.70. The normalized spacial score (nSPS) is 12.7. The molecule has 0 saturated carbocycles. The first-order chi connectivity index (χ1) is 9.09. The molecule has 0 fully saturated rings. The second-order valence-electron chi connectivity index (χ2n) is 4.08. The molecule has 1 aromatic heterocycles. The van der Waals surface area contributed by atoms with E-state index in [0.29, 0.717) is 5.69 Å². The summed E-state index contributed by atoms with van der Waals surface area (Å²) in [5.41, 5.74) is -0.650. The molecule has 0 aliphatic heterocycles. The largest absolute Gasteiger partial charge is 0.434 e. The highest BCUT2D eigenvalue weighted by Gasteiger charge is 2.34. The number of hydrogen-bond donors (Lipinski definition) is 1. The number of benzene rings is 1. The van der Waals surface area contributed by atoms with Crippen LogP contribution in [0.25, 0.3) is 5.69 Å². The Kier molecular flexibility index (Phi) is 3.34. The van der Waals surface area contributed by atoms with Crippen molar-refractivity contribution in [1.82, 2.24) is 9.55 Å². The van der Waals surface area contributed by atoms with Gasteiger partial charge in [0.25, 0.3) is 0 Å². The van der Waals surface area contributed by atoms with Gasteiger partial charge in [-0.25, -0.2) is 18.5 Å². The Bertz CT molecular complexity index is 733. The van der Waals surface area contributed by atoms with Crippen LogP contribution in [0, 0.1) is 6.92 Å². The van der Waals surface area contributed by atoms with Crippen molar-refractivity contribution in [2.75, 3.05) is 0 Å². The number of aromatic nitrogens is 2. The van der Waals surface area contributed by atoms with Gasteiger partial charge in [0.1, 0.15) is 5.82 Å². The first-order valence-corrected chi connectivity index (χ1v) is 6.90. The van der Waals surface area contributed by atoms with Crippen molar-refractivity contribution >= 4 is 10.0 Å². The number of nitrogens with zero attached hydrogens (tertiary/aromatic N) is 2. The second kappa shape index (κ2) is 4.60. The van der Waals surface area contributed by atoms with Gasteiger partial charge < -0.3 is 4.57 Å². The molecular weight excluding hydrogens is 295 g/mol. The molecule has 108 valence electrons. The predicted molar refractivity (Wildman–Crippen MR) is 64.7 cm³/mol. The molecule has 0 unspecified atom stereocenters. The summed E-state index contributed by atoms with van der Waals surface area (Å²) in [5.74, 6) is 0.140. The van der Waals surface area contributed by atoms with E-state index < -0.39 is 21.9 Å². The number of sulfonamides is 1. The third kappa shape index (κ3) is 2.83. The van der Waals surface area contributed by atoms with Gasteiger partial charge in [0.05, 0.1) is 4.90 Å². The minimum Gasteiger partial charge on any atom is -0.303 e. The topological polar surface area (TPSA) is 78.0 Å². The van der Waals surface area contributed by atoms with Gasteiger partial charge in [0.15, 0.2) is 5.69 Å². The van der Waals surface area contributed by atoms with Crippen LogP contribution in [0.1, 0.15) is 11.5 Å². The van der Waals surface area contributed by atoms with Crippen LogP contribution in [0.5, 0.6) is 0 Å². The number of alkyl halides is 3. The zero-order chi connectivity index (χ0) is 15.1. The third-order valence-electron chi connectivity index (χ3n) is 2.62. The van der Waals surface area contributed by atoms with Crippen LogP contribution >= 0.6 is 0 Å². The van der Waals surface area contributed by atoms with Crippen molar-refractivity contribution in [2.45, 2.75) is 18.0 Å². The van der Waals surface area contributed by atoms with Crippen LogP contribution in [0.15, 0.2) is 35.4 Å². The van der Waals surface area contributed by atoms with Gasteiger partial charge >= 0.3 is 6.18 Å². The number of aryl methyl sites for hydroxylation is 1. The van der Waals surface area contributed by atoms with E-state index in [2.05, 4.69) is 4.98 Å². The highest BCUT2D eigenvalue weighted by atomic mass is 32.2. The molecule has 20 heavy (non-hydrogen) atoms. The lowest BCUT2D eigenvalue weighted by Gasteiger charge is -2.05. The highest BCUT2D eigenvalue weighted by Crippen LogP contribution is 2.29. The van der Waals surface area contributed by atoms with Gasteiger partial charge in [-0.3, -0.25) is 0 Å². The van der Waals surface area contributed by atoms with Crippen LogP contribution in [0.2, 0.25) is 0 Å².